The van der Waals surface area contributed by atoms with E-state index in [2.05, 4.69) is 0 Å². The molecule has 98 valence electrons. The van der Waals surface area contributed by atoms with E-state index in [1.165, 1.54) is 19.3 Å². The molecule has 4 N–H and O–H groups in total. The number of carbonyl (C=O) groups excluding carboxylic acids is 1. The summed E-state index contributed by atoms with van der Waals surface area (Å²) < 4.78 is 0. The first-order valence-electron chi connectivity index (χ1n) is 6.62. The molecule has 0 bridgehead atoms. The zero-order valence-electron chi connectivity index (χ0n) is 10.7. The summed E-state index contributed by atoms with van der Waals surface area (Å²) >= 11 is 0. The third-order valence-corrected chi connectivity index (χ3v) is 3.37. The molecule has 4 heteroatoms. The summed E-state index contributed by atoms with van der Waals surface area (Å²) in [5.41, 5.74) is 13.2. The topological polar surface area (TPSA) is 72.3 Å². The molecular formula is C14H21N3O. The van der Waals surface area contributed by atoms with Gasteiger partial charge in [-0.25, -0.2) is 0 Å². The first-order chi connectivity index (χ1) is 8.66. The van der Waals surface area contributed by atoms with Crippen molar-refractivity contribution in [3.8, 4) is 0 Å². The molecule has 1 aromatic rings. The second-order valence-electron chi connectivity index (χ2n) is 4.95. The fourth-order valence-electron chi connectivity index (χ4n) is 2.43. The fourth-order valence-corrected chi connectivity index (χ4v) is 2.43. The van der Waals surface area contributed by atoms with Crippen molar-refractivity contribution in [3.05, 3.63) is 23.8 Å². The van der Waals surface area contributed by atoms with Gasteiger partial charge in [0.1, 0.15) is 0 Å². The van der Waals surface area contributed by atoms with Crippen LogP contribution in [0.5, 0.6) is 0 Å². The smallest absolute Gasteiger partial charge is 0.254 e. The van der Waals surface area contributed by atoms with E-state index in [1.54, 1.807) is 18.2 Å². The lowest BCUT2D eigenvalue weighted by atomic mass is 10.1. The van der Waals surface area contributed by atoms with Gasteiger partial charge < -0.3 is 16.4 Å². The minimum Gasteiger partial charge on any atom is -0.399 e. The Morgan fingerprint density at radius 2 is 1.39 bits per heavy atom. The van der Waals surface area contributed by atoms with Gasteiger partial charge in [-0.2, -0.15) is 0 Å². The number of hydrogen-bond donors (Lipinski definition) is 2. The lowest BCUT2D eigenvalue weighted by Gasteiger charge is -2.25. The molecule has 0 unspecified atom stereocenters. The fraction of sp³-hybridized carbons (Fsp3) is 0.500. The maximum absolute atomic E-state index is 12.4. The molecule has 1 amide bonds. The third-order valence-electron chi connectivity index (χ3n) is 3.37. The zero-order valence-corrected chi connectivity index (χ0v) is 10.7. The van der Waals surface area contributed by atoms with Crippen LogP contribution in [-0.2, 0) is 0 Å². The van der Waals surface area contributed by atoms with Crippen LogP contribution in [0.25, 0.3) is 0 Å². The van der Waals surface area contributed by atoms with Gasteiger partial charge in [-0.1, -0.05) is 19.3 Å². The van der Waals surface area contributed by atoms with E-state index in [9.17, 15) is 4.79 Å². The van der Waals surface area contributed by atoms with Crippen LogP contribution in [0.2, 0.25) is 0 Å². The van der Waals surface area contributed by atoms with E-state index in [-0.39, 0.29) is 5.91 Å². The highest BCUT2D eigenvalue weighted by molar-refractivity contribution is 5.96. The Labute approximate surface area is 108 Å². The van der Waals surface area contributed by atoms with Crippen LogP contribution in [-0.4, -0.2) is 23.9 Å². The molecule has 0 spiro atoms. The average molecular weight is 247 g/mol. The second kappa shape index (κ2) is 5.76. The molecule has 1 aliphatic heterocycles. The number of anilines is 2. The maximum atomic E-state index is 12.4. The molecule has 0 radical (unpaired) electrons. The first kappa shape index (κ1) is 12.7. The van der Waals surface area contributed by atoms with Crippen molar-refractivity contribution < 1.29 is 4.79 Å². The SMILES string of the molecule is Nc1cc(N)cc(C(=O)N2CCCCCCC2)c1. The van der Waals surface area contributed by atoms with Gasteiger partial charge in [0.25, 0.3) is 5.91 Å². The van der Waals surface area contributed by atoms with E-state index >= 15 is 0 Å². The van der Waals surface area contributed by atoms with Crippen molar-refractivity contribution >= 4 is 17.3 Å². The number of hydrogen-bond acceptors (Lipinski definition) is 3. The van der Waals surface area contributed by atoms with Crippen LogP contribution in [0.1, 0.15) is 42.5 Å². The summed E-state index contributed by atoms with van der Waals surface area (Å²) in [6.07, 6.45) is 5.88. The number of benzene rings is 1. The highest BCUT2D eigenvalue weighted by atomic mass is 16.2. The Morgan fingerprint density at radius 3 is 1.94 bits per heavy atom. The molecule has 0 atom stereocenters. The van der Waals surface area contributed by atoms with Gasteiger partial charge in [0.05, 0.1) is 0 Å². The predicted octanol–water partition coefficient (Wildman–Crippen LogP) is 2.26. The predicted molar refractivity (Wildman–Crippen MR) is 74.3 cm³/mol. The lowest BCUT2D eigenvalue weighted by molar-refractivity contribution is 0.0742. The van der Waals surface area contributed by atoms with E-state index in [4.69, 9.17) is 11.5 Å². The molecular weight excluding hydrogens is 226 g/mol. The molecule has 1 aromatic carbocycles. The Morgan fingerprint density at radius 1 is 0.889 bits per heavy atom. The number of amides is 1. The van der Waals surface area contributed by atoms with Gasteiger partial charge in [0.15, 0.2) is 0 Å². The van der Waals surface area contributed by atoms with Gasteiger partial charge in [-0.3, -0.25) is 4.79 Å². The molecule has 0 aromatic heterocycles. The maximum Gasteiger partial charge on any atom is 0.254 e. The largest absolute Gasteiger partial charge is 0.399 e. The van der Waals surface area contributed by atoms with Crippen LogP contribution in [0, 0.1) is 0 Å². The standard InChI is InChI=1S/C14H21N3O/c15-12-8-11(9-13(16)10-12)14(18)17-6-4-2-1-3-5-7-17/h8-10H,1-7,15-16H2. The molecule has 2 rings (SSSR count). The number of likely N-dealkylation sites (tertiary alicyclic amines) is 1. The molecule has 1 saturated heterocycles. The van der Waals surface area contributed by atoms with E-state index in [0.29, 0.717) is 16.9 Å². The molecule has 0 aliphatic carbocycles. The lowest BCUT2D eigenvalue weighted by Crippen LogP contribution is -2.33. The minimum atomic E-state index is 0.0518. The van der Waals surface area contributed by atoms with Crippen LogP contribution in [0.15, 0.2) is 18.2 Å². The van der Waals surface area contributed by atoms with Gasteiger partial charge >= 0.3 is 0 Å². The molecule has 1 aliphatic rings. The second-order valence-corrected chi connectivity index (χ2v) is 4.95. The van der Waals surface area contributed by atoms with Crippen LogP contribution >= 0.6 is 0 Å². The summed E-state index contributed by atoms with van der Waals surface area (Å²) in [6.45, 7) is 1.68. The summed E-state index contributed by atoms with van der Waals surface area (Å²) in [4.78, 5) is 14.3. The Balaban J connectivity index is 2.13. The summed E-state index contributed by atoms with van der Waals surface area (Å²) in [5.74, 6) is 0.0518. The normalized spacial score (nSPS) is 17.0. The molecule has 18 heavy (non-hydrogen) atoms. The minimum absolute atomic E-state index is 0.0518. The molecule has 0 saturated carbocycles. The van der Waals surface area contributed by atoms with E-state index < -0.39 is 0 Å². The summed E-state index contributed by atoms with van der Waals surface area (Å²) in [7, 11) is 0. The quantitative estimate of drug-likeness (QED) is 0.748. The highest BCUT2D eigenvalue weighted by Crippen LogP contribution is 2.18. The number of nitrogens with two attached hydrogens (primary N) is 2. The summed E-state index contributed by atoms with van der Waals surface area (Å²) in [6, 6.07) is 5.08. The van der Waals surface area contributed by atoms with Crippen molar-refractivity contribution in [3.63, 3.8) is 0 Å². The first-order valence-corrected chi connectivity index (χ1v) is 6.62. The number of carbonyl (C=O) groups is 1. The third kappa shape index (κ3) is 3.15. The van der Waals surface area contributed by atoms with Crippen molar-refractivity contribution in [2.24, 2.45) is 0 Å². The van der Waals surface area contributed by atoms with Crippen molar-refractivity contribution in [2.45, 2.75) is 32.1 Å². The Bertz CT molecular complexity index is 403. The van der Waals surface area contributed by atoms with Gasteiger partial charge in [0.2, 0.25) is 0 Å². The molecule has 1 fully saturated rings. The Hall–Kier alpha value is -1.71. The monoisotopic (exact) mass is 247 g/mol. The number of nitrogen functional groups attached to an aromatic ring is 2. The number of nitrogens with zero attached hydrogens (tertiary/aromatic N) is 1. The van der Waals surface area contributed by atoms with Crippen molar-refractivity contribution in [2.75, 3.05) is 24.6 Å². The van der Waals surface area contributed by atoms with Gasteiger partial charge in [0, 0.05) is 30.0 Å². The van der Waals surface area contributed by atoms with E-state index in [1.807, 2.05) is 4.90 Å². The van der Waals surface area contributed by atoms with Crippen molar-refractivity contribution in [1.82, 2.24) is 4.90 Å². The number of rotatable bonds is 1. The van der Waals surface area contributed by atoms with Crippen LogP contribution in [0.3, 0.4) is 0 Å². The molecule has 4 nitrogen and oxygen atoms in total. The average Bonchev–Trinajstić information content (AvgIpc) is 2.26. The highest BCUT2D eigenvalue weighted by Gasteiger charge is 2.17. The Kier molecular flexibility index (Phi) is 4.07. The van der Waals surface area contributed by atoms with Crippen LogP contribution in [0.4, 0.5) is 11.4 Å². The van der Waals surface area contributed by atoms with Gasteiger partial charge in [-0.05, 0) is 31.0 Å². The molecule has 1 heterocycles. The van der Waals surface area contributed by atoms with E-state index in [0.717, 1.165) is 25.9 Å². The van der Waals surface area contributed by atoms with Crippen LogP contribution < -0.4 is 11.5 Å². The zero-order chi connectivity index (χ0) is 13.0. The summed E-state index contributed by atoms with van der Waals surface area (Å²) in [5, 5.41) is 0. The van der Waals surface area contributed by atoms with Gasteiger partial charge in [-0.15, -0.1) is 0 Å². The van der Waals surface area contributed by atoms with Crippen molar-refractivity contribution in [1.29, 1.82) is 0 Å².